The van der Waals surface area contributed by atoms with Gasteiger partial charge in [0.25, 0.3) is 0 Å². The molecule has 0 bridgehead atoms. The quantitative estimate of drug-likeness (QED) is 0.919. The van der Waals surface area contributed by atoms with Gasteiger partial charge in [-0.2, -0.15) is 10.4 Å². The Morgan fingerprint density at radius 2 is 2.18 bits per heavy atom. The number of anilines is 1. The second-order valence-electron chi connectivity index (χ2n) is 5.39. The third-order valence-corrected chi connectivity index (χ3v) is 3.84. The average molecular weight is 295 g/mol. The van der Waals surface area contributed by atoms with Crippen LogP contribution in [0.15, 0.2) is 36.7 Å². The Kier molecular flexibility index (Phi) is 3.90. The summed E-state index contributed by atoms with van der Waals surface area (Å²) in [6, 6.07) is 9.31. The van der Waals surface area contributed by atoms with Gasteiger partial charge >= 0.3 is 0 Å². The summed E-state index contributed by atoms with van der Waals surface area (Å²) in [5.41, 5.74) is 2.55. The highest BCUT2D eigenvalue weighted by Crippen LogP contribution is 2.20. The number of carbonyl (C=O) groups is 1. The molecule has 0 radical (unpaired) electrons. The van der Waals surface area contributed by atoms with Crippen molar-refractivity contribution in [3.8, 4) is 6.07 Å². The first-order chi connectivity index (χ1) is 10.7. The molecule has 6 nitrogen and oxygen atoms in total. The molecule has 0 saturated carbocycles. The molecule has 1 saturated heterocycles. The minimum absolute atomic E-state index is 0.0849. The van der Waals surface area contributed by atoms with E-state index in [1.165, 1.54) is 0 Å². The summed E-state index contributed by atoms with van der Waals surface area (Å²) in [4.78, 5) is 14.2. The van der Waals surface area contributed by atoms with Crippen LogP contribution in [0.1, 0.15) is 17.5 Å². The van der Waals surface area contributed by atoms with Gasteiger partial charge in [0, 0.05) is 26.3 Å². The molecule has 1 atom stereocenters. The average Bonchev–Trinajstić information content (AvgIpc) is 3.12. The highest BCUT2D eigenvalue weighted by molar-refractivity contribution is 5.99. The van der Waals surface area contributed by atoms with Gasteiger partial charge in [-0.3, -0.25) is 9.48 Å². The van der Waals surface area contributed by atoms with Gasteiger partial charge in [-0.05, 0) is 24.1 Å². The minimum atomic E-state index is -0.171. The molecule has 112 valence electrons. The Balaban J connectivity index is 1.60. The van der Waals surface area contributed by atoms with E-state index in [2.05, 4.69) is 16.5 Å². The van der Waals surface area contributed by atoms with Gasteiger partial charge in [-0.1, -0.05) is 12.1 Å². The van der Waals surface area contributed by atoms with Crippen LogP contribution < -0.4 is 10.2 Å². The number of benzene rings is 1. The first-order valence-corrected chi connectivity index (χ1v) is 7.20. The number of nitriles is 1. The monoisotopic (exact) mass is 295 g/mol. The van der Waals surface area contributed by atoms with Crippen molar-refractivity contribution in [1.29, 1.82) is 5.26 Å². The number of hydrogen-bond donors (Lipinski definition) is 1. The van der Waals surface area contributed by atoms with E-state index in [0.717, 1.165) is 17.7 Å². The van der Waals surface area contributed by atoms with Crippen LogP contribution in [0.5, 0.6) is 0 Å². The van der Waals surface area contributed by atoms with Crippen LogP contribution >= 0.6 is 0 Å². The van der Waals surface area contributed by atoms with Crippen molar-refractivity contribution in [3.05, 3.63) is 47.8 Å². The molecule has 6 heteroatoms. The molecular formula is C16H17N5O. The molecule has 3 rings (SSSR count). The third-order valence-electron chi connectivity index (χ3n) is 3.84. The molecule has 1 aromatic heterocycles. The van der Waals surface area contributed by atoms with Crippen LogP contribution in [0.4, 0.5) is 5.69 Å². The summed E-state index contributed by atoms with van der Waals surface area (Å²) in [5.74, 6) is 0.0849. The SMILES string of the molecule is Cn1cc(N2CC[C@H](NCc3ccc(C#N)cc3)C2=O)cn1. The first-order valence-electron chi connectivity index (χ1n) is 7.20. The van der Waals surface area contributed by atoms with Crippen molar-refractivity contribution in [1.82, 2.24) is 15.1 Å². The summed E-state index contributed by atoms with van der Waals surface area (Å²) in [6.07, 6.45) is 4.34. The molecule has 1 aliphatic heterocycles. The van der Waals surface area contributed by atoms with Crippen molar-refractivity contribution in [3.63, 3.8) is 0 Å². The normalized spacial score (nSPS) is 17.7. The van der Waals surface area contributed by atoms with Crippen molar-refractivity contribution in [2.24, 2.45) is 7.05 Å². The molecule has 1 aliphatic rings. The van der Waals surface area contributed by atoms with Crippen LogP contribution in [0.25, 0.3) is 0 Å². The lowest BCUT2D eigenvalue weighted by atomic mass is 10.1. The van der Waals surface area contributed by atoms with Gasteiger partial charge in [-0.25, -0.2) is 0 Å². The molecule has 1 N–H and O–H groups in total. The van der Waals surface area contributed by atoms with Crippen LogP contribution in [-0.2, 0) is 18.4 Å². The van der Waals surface area contributed by atoms with Crippen LogP contribution in [-0.4, -0.2) is 28.3 Å². The fraction of sp³-hybridized carbons (Fsp3) is 0.312. The molecule has 2 aromatic rings. The van der Waals surface area contributed by atoms with Crippen molar-refractivity contribution >= 4 is 11.6 Å². The Morgan fingerprint density at radius 3 is 2.82 bits per heavy atom. The van der Waals surface area contributed by atoms with Gasteiger partial charge in [-0.15, -0.1) is 0 Å². The molecular weight excluding hydrogens is 278 g/mol. The lowest BCUT2D eigenvalue weighted by molar-refractivity contribution is -0.118. The predicted octanol–water partition coefficient (Wildman–Crippen LogP) is 1.19. The summed E-state index contributed by atoms with van der Waals surface area (Å²) < 4.78 is 1.69. The van der Waals surface area contributed by atoms with E-state index in [0.29, 0.717) is 18.7 Å². The molecule has 2 heterocycles. The highest BCUT2D eigenvalue weighted by atomic mass is 16.2. The summed E-state index contributed by atoms with van der Waals surface area (Å²) in [5, 5.41) is 16.2. The Morgan fingerprint density at radius 1 is 1.41 bits per heavy atom. The molecule has 1 aromatic carbocycles. The topological polar surface area (TPSA) is 73.9 Å². The van der Waals surface area contributed by atoms with Crippen molar-refractivity contribution in [2.75, 3.05) is 11.4 Å². The van der Waals surface area contributed by atoms with E-state index in [-0.39, 0.29) is 11.9 Å². The van der Waals surface area contributed by atoms with Crippen molar-refractivity contribution in [2.45, 2.75) is 19.0 Å². The van der Waals surface area contributed by atoms with E-state index in [9.17, 15) is 4.79 Å². The summed E-state index contributed by atoms with van der Waals surface area (Å²) in [6.45, 7) is 1.32. The predicted molar refractivity (Wildman–Crippen MR) is 82.0 cm³/mol. The third kappa shape index (κ3) is 2.85. The largest absolute Gasteiger partial charge is 0.308 e. The van der Waals surface area contributed by atoms with E-state index in [1.54, 1.807) is 27.9 Å². The van der Waals surface area contributed by atoms with Crippen LogP contribution in [0.3, 0.4) is 0 Å². The Hall–Kier alpha value is -2.65. The van der Waals surface area contributed by atoms with Crippen molar-refractivity contribution < 1.29 is 4.79 Å². The Bertz CT molecular complexity index is 713. The van der Waals surface area contributed by atoms with E-state index < -0.39 is 0 Å². The zero-order chi connectivity index (χ0) is 15.5. The zero-order valence-corrected chi connectivity index (χ0v) is 12.4. The number of carbonyl (C=O) groups excluding carboxylic acids is 1. The summed E-state index contributed by atoms with van der Waals surface area (Å²) >= 11 is 0. The standard InChI is InChI=1S/C16H17N5O/c1-20-11-14(10-19-20)21-7-6-15(16(21)22)18-9-13-4-2-12(8-17)3-5-13/h2-5,10-11,15,18H,6-7,9H2,1H3/t15-/m0/s1. The first kappa shape index (κ1) is 14.3. The van der Waals surface area contributed by atoms with Crippen LogP contribution in [0, 0.1) is 11.3 Å². The Labute approximate surface area is 129 Å². The van der Waals surface area contributed by atoms with Gasteiger partial charge in [0.1, 0.15) is 0 Å². The number of aryl methyl sites for hydroxylation is 1. The molecule has 1 fully saturated rings. The lowest BCUT2D eigenvalue weighted by Gasteiger charge is -2.15. The number of amides is 1. The maximum absolute atomic E-state index is 12.4. The maximum atomic E-state index is 12.4. The smallest absolute Gasteiger partial charge is 0.244 e. The number of aromatic nitrogens is 2. The van der Waals surface area contributed by atoms with E-state index in [1.807, 2.05) is 25.4 Å². The fourth-order valence-electron chi connectivity index (χ4n) is 2.61. The van der Waals surface area contributed by atoms with Crippen LogP contribution in [0.2, 0.25) is 0 Å². The van der Waals surface area contributed by atoms with E-state index >= 15 is 0 Å². The van der Waals surface area contributed by atoms with Gasteiger partial charge in [0.2, 0.25) is 5.91 Å². The number of nitrogens with one attached hydrogen (secondary N) is 1. The summed E-state index contributed by atoms with van der Waals surface area (Å²) in [7, 11) is 1.84. The molecule has 0 aliphatic carbocycles. The molecule has 0 unspecified atom stereocenters. The second-order valence-corrected chi connectivity index (χ2v) is 5.39. The van der Waals surface area contributed by atoms with E-state index in [4.69, 9.17) is 5.26 Å². The number of rotatable bonds is 4. The number of nitrogens with zero attached hydrogens (tertiary/aromatic N) is 4. The lowest BCUT2D eigenvalue weighted by Crippen LogP contribution is -2.37. The minimum Gasteiger partial charge on any atom is -0.308 e. The number of hydrogen-bond acceptors (Lipinski definition) is 4. The zero-order valence-electron chi connectivity index (χ0n) is 12.4. The molecule has 1 amide bonds. The maximum Gasteiger partial charge on any atom is 0.244 e. The van der Waals surface area contributed by atoms with Gasteiger partial charge in [0.05, 0.1) is 29.6 Å². The van der Waals surface area contributed by atoms with Gasteiger partial charge < -0.3 is 10.2 Å². The second kappa shape index (κ2) is 6.00. The highest BCUT2D eigenvalue weighted by Gasteiger charge is 2.32. The fourth-order valence-corrected chi connectivity index (χ4v) is 2.61. The van der Waals surface area contributed by atoms with Gasteiger partial charge in [0.15, 0.2) is 0 Å². The molecule has 22 heavy (non-hydrogen) atoms. The molecule has 0 spiro atoms.